The van der Waals surface area contributed by atoms with Crippen molar-refractivity contribution >= 4 is 11.7 Å². The van der Waals surface area contributed by atoms with Gasteiger partial charge in [-0.25, -0.2) is 0 Å². The van der Waals surface area contributed by atoms with E-state index in [2.05, 4.69) is 5.32 Å². The quantitative estimate of drug-likeness (QED) is 0.528. The second-order valence-corrected chi connectivity index (χ2v) is 3.24. The summed E-state index contributed by atoms with van der Waals surface area (Å²) in [5.41, 5.74) is 0. The molecule has 0 unspecified atom stereocenters. The molecule has 1 amide bonds. The molecule has 5 nitrogen and oxygen atoms in total. The molecule has 0 heterocycles. The highest BCUT2D eigenvalue weighted by Crippen LogP contribution is 1.95. The first kappa shape index (κ1) is 14.1. The number of hydrogen-bond acceptors (Lipinski definition) is 4. The molecule has 0 aromatic heterocycles. The third-order valence-corrected chi connectivity index (χ3v) is 1.74. The molecule has 0 aliphatic carbocycles. The van der Waals surface area contributed by atoms with E-state index in [9.17, 15) is 9.59 Å². The number of aliphatic hydroxyl groups is 1. The molecule has 0 rings (SSSR count). The first-order chi connectivity index (χ1) is 7.16. The van der Waals surface area contributed by atoms with Gasteiger partial charge in [0.2, 0.25) is 5.91 Å². The minimum absolute atomic E-state index is 0.00738. The van der Waals surface area contributed by atoms with Crippen LogP contribution in [0, 0.1) is 0 Å². The summed E-state index contributed by atoms with van der Waals surface area (Å²) in [5.74, 6) is 0.0397. The van der Waals surface area contributed by atoms with E-state index in [0.717, 1.165) is 0 Å². The monoisotopic (exact) mass is 217 g/mol. The maximum atomic E-state index is 11.1. The second kappa shape index (κ2) is 9.61. The summed E-state index contributed by atoms with van der Waals surface area (Å²) in [7, 11) is 0. The predicted molar refractivity (Wildman–Crippen MR) is 55.4 cm³/mol. The number of carbonyl (C=O) groups is 2. The van der Waals surface area contributed by atoms with Crippen molar-refractivity contribution in [2.24, 2.45) is 0 Å². The SMILES string of the molecule is CC(=O)CCCC(=O)NCCOCCO. The van der Waals surface area contributed by atoms with Crippen molar-refractivity contribution in [3.63, 3.8) is 0 Å². The third kappa shape index (κ3) is 11.0. The summed E-state index contributed by atoms with van der Waals surface area (Å²) in [6.45, 7) is 2.64. The smallest absolute Gasteiger partial charge is 0.220 e. The summed E-state index contributed by atoms with van der Waals surface area (Å²) in [5, 5.41) is 11.1. The number of ketones is 1. The maximum Gasteiger partial charge on any atom is 0.220 e. The Balaban J connectivity index is 3.22. The van der Waals surface area contributed by atoms with Crippen LogP contribution in [0.3, 0.4) is 0 Å². The number of Topliss-reactive ketones (excluding diaryl/α,β-unsaturated/α-hetero) is 1. The van der Waals surface area contributed by atoms with Gasteiger partial charge in [-0.3, -0.25) is 4.79 Å². The highest BCUT2D eigenvalue weighted by molar-refractivity contribution is 5.78. The highest BCUT2D eigenvalue weighted by Gasteiger charge is 2.01. The Hall–Kier alpha value is -0.940. The van der Waals surface area contributed by atoms with Gasteiger partial charge >= 0.3 is 0 Å². The molecule has 0 aliphatic rings. The lowest BCUT2D eigenvalue weighted by molar-refractivity contribution is -0.121. The van der Waals surface area contributed by atoms with Gasteiger partial charge in [0.25, 0.3) is 0 Å². The second-order valence-electron chi connectivity index (χ2n) is 3.24. The number of nitrogens with one attached hydrogen (secondary N) is 1. The molecular weight excluding hydrogens is 198 g/mol. The lowest BCUT2D eigenvalue weighted by Gasteiger charge is -2.04. The van der Waals surface area contributed by atoms with E-state index in [0.29, 0.717) is 39.0 Å². The van der Waals surface area contributed by atoms with Crippen LogP contribution in [0.2, 0.25) is 0 Å². The normalized spacial score (nSPS) is 10.0. The van der Waals surface area contributed by atoms with E-state index in [1.807, 2.05) is 0 Å². The van der Waals surface area contributed by atoms with E-state index < -0.39 is 0 Å². The van der Waals surface area contributed by atoms with Crippen molar-refractivity contribution < 1.29 is 19.4 Å². The Kier molecular flexibility index (Phi) is 9.01. The largest absolute Gasteiger partial charge is 0.394 e. The average molecular weight is 217 g/mol. The molecule has 0 atom stereocenters. The molecule has 0 aromatic carbocycles. The third-order valence-electron chi connectivity index (χ3n) is 1.74. The zero-order valence-electron chi connectivity index (χ0n) is 9.12. The van der Waals surface area contributed by atoms with Gasteiger partial charge in [-0.15, -0.1) is 0 Å². The minimum Gasteiger partial charge on any atom is -0.394 e. The minimum atomic E-state index is -0.0659. The summed E-state index contributed by atoms with van der Waals surface area (Å²) in [6.07, 6.45) is 1.42. The molecular formula is C10H19NO4. The summed E-state index contributed by atoms with van der Waals surface area (Å²) < 4.78 is 4.96. The Morgan fingerprint density at radius 2 is 2.00 bits per heavy atom. The van der Waals surface area contributed by atoms with Crippen LogP contribution < -0.4 is 5.32 Å². The van der Waals surface area contributed by atoms with Crippen LogP contribution in [0.25, 0.3) is 0 Å². The topological polar surface area (TPSA) is 75.6 Å². The fraction of sp³-hybridized carbons (Fsp3) is 0.800. The van der Waals surface area contributed by atoms with Crippen LogP contribution in [0.15, 0.2) is 0 Å². The number of amides is 1. The predicted octanol–water partition coefficient (Wildman–Crippen LogP) is -0.129. The summed E-state index contributed by atoms with van der Waals surface area (Å²) >= 11 is 0. The lowest BCUT2D eigenvalue weighted by atomic mass is 10.2. The van der Waals surface area contributed by atoms with Crippen molar-refractivity contribution in [2.45, 2.75) is 26.2 Å². The standard InChI is InChI=1S/C10H19NO4/c1-9(13)3-2-4-10(14)11-5-7-15-8-6-12/h12H,2-8H2,1H3,(H,11,14). The van der Waals surface area contributed by atoms with E-state index in [1.54, 1.807) is 0 Å². The molecule has 0 spiro atoms. The van der Waals surface area contributed by atoms with E-state index in [-0.39, 0.29) is 18.3 Å². The van der Waals surface area contributed by atoms with Crippen molar-refractivity contribution in [1.29, 1.82) is 0 Å². The Labute approximate surface area is 89.8 Å². The Bertz CT molecular complexity index is 194. The number of aliphatic hydroxyl groups excluding tert-OH is 1. The van der Waals surface area contributed by atoms with Crippen LogP contribution in [-0.4, -0.2) is 43.2 Å². The summed E-state index contributed by atoms with van der Waals surface area (Å²) in [4.78, 5) is 21.7. The molecule has 0 saturated heterocycles. The van der Waals surface area contributed by atoms with Crippen LogP contribution in [-0.2, 0) is 14.3 Å². The van der Waals surface area contributed by atoms with Crippen LogP contribution in [0.5, 0.6) is 0 Å². The number of rotatable bonds is 9. The van der Waals surface area contributed by atoms with Gasteiger partial charge in [0, 0.05) is 19.4 Å². The first-order valence-electron chi connectivity index (χ1n) is 5.11. The van der Waals surface area contributed by atoms with Gasteiger partial charge in [-0.2, -0.15) is 0 Å². The molecule has 5 heteroatoms. The molecule has 0 saturated carbocycles. The summed E-state index contributed by atoms with van der Waals surface area (Å²) in [6, 6.07) is 0. The van der Waals surface area contributed by atoms with Crippen LogP contribution in [0.4, 0.5) is 0 Å². The first-order valence-corrected chi connectivity index (χ1v) is 5.11. The molecule has 15 heavy (non-hydrogen) atoms. The van der Waals surface area contributed by atoms with Crippen LogP contribution >= 0.6 is 0 Å². The Morgan fingerprint density at radius 1 is 1.27 bits per heavy atom. The molecule has 0 fully saturated rings. The fourth-order valence-electron chi connectivity index (χ4n) is 1.02. The van der Waals surface area contributed by atoms with Crippen molar-refractivity contribution in [3.8, 4) is 0 Å². The van der Waals surface area contributed by atoms with Crippen molar-refractivity contribution in [3.05, 3.63) is 0 Å². The zero-order chi connectivity index (χ0) is 11.5. The Morgan fingerprint density at radius 3 is 2.60 bits per heavy atom. The maximum absolute atomic E-state index is 11.1. The molecule has 0 radical (unpaired) electrons. The van der Waals surface area contributed by atoms with Crippen molar-refractivity contribution in [1.82, 2.24) is 5.32 Å². The average Bonchev–Trinajstić information content (AvgIpc) is 2.17. The fourth-order valence-corrected chi connectivity index (χ4v) is 1.02. The zero-order valence-corrected chi connectivity index (χ0v) is 9.12. The molecule has 0 aromatic rings. The molecule has 88 valence electrons. The number of ether oxygens (including phenoxy) is 1. The molecule has 2 N–H and O–H groups in total. The van der Waals surface area contributed by atoms with Gasteiger partial charge in [0.15, 0.2) is 0 Å². The number of carbonyl (C=O) groups excluding carboxylic acids is 2. The number of hydrogen-bond donors (Lipinski definition) is 2. The van der Waals surface area contributed by atoms with E-state index in [4.69, 9.17) is 9.84 Å². The highest BCUT2D eigenvalue weighted by atomic mass is 16.5. The van der Waals surface area contributed by atoms with E-state index >= 15 is 0 Å². The van der Waals surface area contributed by atoms with Gasteiger partial charge in [-0.1, -0.05) is 0 Å². The van der Waals surface area contributed by atoms with Crippen molar-refractivity contribution in [2.75, 3.05) is 26.4 Å². The van der Waals surface area contributed by atoms with Gasteiger partial charge in [0.05, 0.1) is 19.8 Å². The molecule has 0 bridgehead atoms. The van der Waals surface area contributed by atoms with E-state index in [1.165, 1.54) is 6.92 Å². The van der Waals surface area contributed by atoms with Gasteiger partial charge in [0.1, 0.15) is 5.78 Å². The lowest BCUT2D eigenvalue weighted by Crippen LogP contribution is -2.27. The molecule has 0 aliphatic heterocycles. The van der Waals surface area contributed by atoms with Gasteiger partial charge in [-0.05, 0) is 13.3 Å². The van der Waals surface area contributed by atoms with Crippen LogP contribution in [0.1, 0.15) is 26.2 Å². The van der Waals surface area contributed by atoms with Gasteiger partial charge < -0.3 is 20.0 Å².